The lowest BCUT2D eigenvalue weighted by atomic mass is 9.97. The maximum atomic E-state index is 10.7. The van der Waals surface area contributed by atoms with Gasteiger partial charge >= 0.3 is 0 Å². The lowest BCUT2D eigenvalue weighted by molar-refractivity contribution is -0.123. The predicted octanol–water partition coefficient (Wildman–Crippen LogP) is 2.34. The van der Waals surface area contributed by atoms with Crippen molar-refractivity contribution in [2.75, 3.05) is 6.61 Å². The number of carbonyl (C=O) groups excluding carboxylic acids is 1. The van der Waals surface area contributed by atoms with Crippen LogP contribution in [-0.2, 0) is 9.53 Å². The van der Waals surface area contributed by atoms with Crippen molar-refractivity contribution in [3.8, 4) is 0 Å². The van der Waals surface area contributed by atoms with Gasteiger partial charge in [-0.15, -0.1) is 0 Å². The van der Waals surface area contributed by atoms with Gasteiger partial charge in [-0.05, 0) is 25.7 Å². The van der Waals surface area contributed by atoms with Gasteiger partial charge in [-0.25, -0.2) is 0 Å². The maximum absolute atomic E-state index is 10.7. The molecule has 0 aliphatic carbocycles. The van der Waals surface area contributed by atoms with E-state index < -0.39 is 11.1 Å². The average Bonchev–Trinajstić information content (AvgIpc) is 2.13. The summed E-state index contributed by atoms with van der Waals surface area (Å²) in [5.41, 5.74) is 4.92. The Kier molecular flexibility index (Phi) is 5.46. The van der Waals surface area contributed by atoms with Crippen LogP contribution in [0.2, 0.25) is 0 Å². The lowest BCUT2D eigenvalue weighted by Crippen LogP contribution is -2.42. The van der Waals surface area contributed by atoms with E-state index in [-0.39, 0.29) is 0 Å². The topological polar surface area (TPSA) is 52.3 Å². The summed E-state index contributed by atoms with van der Waals surface area (Å²) in [6.07, 6.45) is 2.76. The van der Waals surface area contributed by atoms with Gasteiger partial charge in [-0.1, -0.05) is 27.7 Å². The molecular weight excluding hydrogens is 190 g/mol. The Labute approximate surface area is 93.4 Å². The van der Waals surface area contributed by atoms with E-state index in [0.29, 0.717) is 12.5 Å². The SMILES string of the molecule is CC(C)CCC(C)(N)OCC(C)(C)C=O. The molecule has 0 heterocycles. The van der Waals surface area contributed by atoms with Crippen LogP contribution < -0.4 is 5.73 Å². The Hall–Kier alpha value is -0.410. The first-order valence-corrected chi connectivity index (χ1v) is 5.58. The Morgan fingerprint density at radius 3 is 2.27 bits per heavy atom. The molecule has 0 fully saturated rings. The number of ether oxygens (including phenoxy) is 1. The molecule has 0 aliphatic heterocycles. The fourth-order valence-corrected chi connectivity index (χ4v) is 1.03. The summed E-state index contributed by atoms with van der Waals surface area (Å²) in [4.78, 5) is 10.7. The molecule has 0 saturated heterocycles. The standard InChI is InChI=1S/C12H25NO2/c1-10(2)6-7-12(5,13)15-9-11(3,4)8-14/h8,10H,6-7,9,13H2,1-5H3. The second kappa shape index (κ2) is 5.61. The molecule has 15 heavy (non-hydrogen) atoms. The van der Waals surface area contributed by atoms with E-state index in [1.54, 1.807) is 0 Å². The van der Waals surface area contributed by atoms with E-state index in [4.69, 9.17) is 10.5 Å². The van der Waals surface area contributed by atoms with Crippen molar-refractivity contribution >= 4 is 6.29 Å². The largest absolute Gasteiger partial charge is 0.360 e. The first kappa shape index (κ1) is 14.6. The smallest absolute Gasteiger partial charge is 0.127 e. The molecule has 0 bridgehead atoms. The molecule has 0 saturated carbocycles. The van der Waals surface area contributed by atoms with Crippen molar-refractivity contribution in [2.45, 2.75) is 53.2 Å². The summed E-state index contributed by atoms with van der Waals surface area (Å²) < 4.78 is 5.58. The van der Waals surface area contributed by atoms with Crippen LogP contribution in [0, 0.1) is 11.3 Å². The predicted molar refractivity (Wildman–Crippen MR) is 62.5 cm³/mol. The van der Waals surface area contributed by atoms with E-state index >= 15 is 0 Å². The zero-order valence-corrected chi connectivity index (χ0v) is 10.7. The first-order valence-electron chi connectivity index (χ1n) is 5.58. The fourth-order valence-electron chi connectivity index (χ4n) is 1.03. The van der Waals surface area contributed by atoms with Gasteiger partial charge in [-0.3, -0.25) is 0 Å². The molecule has 3 nitrogen and oxygen atoms in total. The molecule has 0 amide bonds. The van der Waals surface area contributed by atoms with E-state index in [2.05, 4.69) is 13.8 Å². The zero-order valence-electron chi connectivity index (χ0n) is 10.7. The highest BCUT2D eigenvalue weighted by Gasteiger charge is 2.24. The first-order chi connectivity index (χ1) is 6.68. The third-order valence-electron chi connectivity index (χ3n) is 2.31. The Morgan fingerprint density at radius 1 is 1.33 bits per heavy atom. The molecule has 1 atom stereocenters. The van der Waals surface area contributed by atoms with Gasteiger partial charge in [0.25, 0.3) is 0 Å². The number of aldehydes is 1. The third kappa shape index (κ3) is 7.51. The molecule has 2 N–H and O–H groups in total. The lowest BCUT2D eigenvalue weighted by Gasteiger charge is -2.29. The number of rotatable bonds is 7. The number of hydrogen-bond donors (Lipinski definition) is 1. The summed E-state index contributed by atoms with van der Waals surface area (Å²) in [5, 5.41) is 0. The molecule has 0 aromatic rings. The van der Waals surface area contributed by atoms with Gasteiger partial charge in [0.1, 0.15) is 12.0 Å². The van der Waals surface area contributed by atoms with Gasteiger partial charge < -0.3 is 15.3 Å². The van der Waals surface area contributed by atoms with Gasteiger partial charge in [-0.2, -0.15) is 0 Å². The number of carbonyl (C=O) groups is 1. The average molecular weight is 215 g/mol. The van der Waals surface area contributed by atoms with Gasteiger partial charge in [0.05, 0.1) is 6.61 Å². The molecule has 3 heteroatoms. The van der Waals surface area contributed by atoms with Crippen LogP contribution in [-0.4, -0.2) is 18.6 Å². The van der Waals surface area contributed by atoms with Crippen LogP contribution in [0.4, 0.5) is 0 Å². The van der Waals surface area contributed by atoms with Crippen molar-refractivity contribution in [3.63, 3.8) is 0 Å². The van der Waals surface area contributed by atoms with Crippen LogP contribution >= 0.6 is 0 Å². The van der Waals surface area contributed by atoms with Crippen molar-refractivity contribution in [2.24, 2.45) is 17.1 Å². The van der Waals surface area contributed by atoms with E-state index in [0.717, 1.165) is 19.1 Å². The highest BCUT2D eigenvalue weighted by Crippen LogP contribution is 2.19. The third-order valence-corrected chi connectivity index (χ3v) is 2.31. The van der Waals surface area contributed by atoms with Crippen LogP contribution in [0.15, 0.2) is 0 Å². The molecule has 0 rings (SSSR count). The normalized spacial score (nSPS) is 16.5. The number of hydrogen-bond acceptors (Lipinski definition) is 3. The second-order valence-corrected chi connectivity index (χ2v) is 5.64. The summed E-state index contributed by atoms with van der Waals surface area (Å²) in [5.74, 6) is 0.621. The van der Waals surface area contributed by atoms with E-state index in [1.165, 1.54) is 0 Å². The minimum atomic E-state index is -0.620. The molecule has 0 radical (unpaired) electrons. The quantitative estimate of drug-likeness (QED) is 0.524. The van der Waals surface area contributed by atoms with Crippen molar-refractivity contribution in [1.29, 1.82) is 0 Å². The summed E-state index contributed by atoms with van der Waals surface area (Å²) in [7, 11) is 0. The van der Waals surface area contributed by atoms with Crippen LogP contribution in [0.5, 0.6) is 0 Å². The summed E-state index contributed by atoms with van der Waals surface area (Å²) >= 11 is 0. The second-order valence-electron chi connectivity index (χ2n) is 5.64. The van der Waals surface area contributed by atoms with Gasteiger partial charge in [0, 0.05) is 5.41 Å². The van der Waals surface area contributed by atoms with Crippen molar-refractivity contribution in [3.05, 3.63) is 0 Å². The van der Waals surface area contributed by atoms with Crippen molar-refractivity contribution < 1.29 is 9.53 Å². The minimum Gasteiger partial charge on any atom is -0.360 e. The van der Waals surface area contributed by atoms with E-state index in [1.807, 2.05) is 20.8 Å². The zero-order chi connectivity index (χ0) is 12.1. The van der Waals surface area contributed by atoms with Crippen LogP contribution in [0.3, 0.4) is 0 Å². The number of nitrogens with two attached hydrogens (primary N) is 1. The Balaban J connectivity index is 3.98. The summed E-state index contributed by atoms with van der Waals surface area (Å²) in [6.45, 7) is 10.3. The van der Waals surface area contributed by atoms with Gasteiger partial charge in [0.2, 0.25) is 0 Å². The molecule has 1 unspecified atom stereocenters. The Morgan fingerprint density at radius 2 is 1.87 bits per heavy atom. The Bertz CT molecular complexity index is 198. The molecule has 0 aromatic heterocycles. The van der Waals surface area contributed by atoms with Gasteiger partial charge in [0.15, 0.2) is 0 Å². The summed E-state index contributed by atoms with van der Waals surface area (Å²) in [6, 6.07) is 0. The highest BCUT2D eigenvalue weighted by atomic mass is 16.5. The molecule has 0 aromatic carbocycles. The highest BCUT2D eigenvalue weighted by molar-refractivity contribution is 5.57. The maximum Gasteiger partial charge on any atom is 0.127 e. The van der Waals surface area contributed by atoms with Crippen LogP contribution in [0.1, 0.15) is 47.5 Å². The minimum absolute atomic E-state index is 0.377. The van der Waals surface area contributed by atoms with E-state index in [9.17, 15) is 4.79 Å². The molecule has 0 aliphatic rings. The monoisotopic (exact) mass is 215 g/mol. The van der Waals surface area contributed by atoms with Crippen molar-refractivity contribution in [1.82, 2.24) is 0 Å². The van der Waals surface area contributed by atoms with Crippen LogP contribution in [0.25, 0.3) is 0 Å². The molecule has 0 spiro atoms. The fraction of sp³-hybridized carbons (Fsp3) is 0.917. The molecule has 90 valence electrons. The molecular formula is C12H25NO2.